The number of fused-ring (bicyclic) bond motifs is 1. The number of pyridine rings is 1. The number of tetrazole rings is 1. The molecule has 1 atom stereocenters. The van der Waals surface area contributed by atoms with E-state index in [0.29, 0.717) is 17.9 Å². The highest BCUT2D eigenvalue weighted by Crippen LogP contribution is 2.31. The van der Waals surface area contributed by atoms with E-state index in [1.54, 1.807) is 0 Å². The number of anilines is 1. The summed E-state index contributed by atoms with van der Waals surface area (Å²) in [4.78, 5) is 21.7. The summed E-state index contributed by atoms with van der Waals surface area (Å²) in [6.45, 7) is 12.2. The lowest BCUT2D eigenvalue weighted by Crippen LogP contribution is -2.49. The maximum absolute atomic E-state index is 13.7. The van der Waals surface area contributed by atoms with E-state index >= 15 is 0 Å². The Morgan fingerprint density at radius 1 is 0.850 bits per heavy atom. The average molecular weight is 534 g/mol. The van der Waals surface area contributed by atoms with Gasteiger partial charge in [-0.3, -0.25) is 9.69 Å². The van der Waals surface area contributed by atoms with E-state index in [-0.39, 0.29) is 11.6 Å². The molecule has 0 saturated carbocycles. The molecule has 40 heavy (non-hydrogen) atoms. The lowest BCUT2D eigenvalue weighted by molar-refractivity contribution is 0.200. The molecular weight excluding hydrogens is 498 g/mol. The monoisotopic (exact) mass is 533 g/mol. The van der Waals surface area contributed by atoms with Crippen molar-refractivity contribution in [3.8, 4) is 0 Å². The number of benzene rings is 3. The first-order valence-corrected chi connectivity index (χ1v) is 13.9. The summed E-state index contributed by atoms with van der Waals surface area (Å²) in [5.74, 6) is 0.680. The van der Waals surface area contributed by atoms with E-state index in [1.165, 1.54) is 16.8 Å². The third-order valence-electron chi connectivity index (χ3n) is 8.13. The van der Waals surface area contributed by atoms with E-state index in [2.05, 4.69) is 99.6 Å². The number of piperazine rings is 1. The van der Waals surface area contributed by atoms with Gasteiger partial charge in [-0.05, 0) is 78.1 Å². The summed E-state index contributed by atoms with van der Waals surface area (Å²) in [5.41, 5.74) is 8.55. The smallest absolute Gasteiger partial charge is 0.253 e. The van der Waals surface area contributed by atoms with Crippen LogP contribution in [0.2, 0.25) is 0 Å². The van der Waals surface area contributed by atoms with Crippen molar-refractivity contribution in [3.63, 3.8) is 0 Å². The van der Waals surface area contributed by atoms with Crippen LogP contribution in [0.15, 0.2) is 71.5 Å². The number of H-pyrrole nitrogens is 1. The van der Waals surface area contributed by atoms with Gasteiger partial charge in [0, 0.05) is 42.8 Å². The maximum Gasteiger partial charge on any atom is 0.253 e. The maximum atomic E-state index is 13.7. The second kappa shape index (κ2) is 10.7. The van der Waals surface area contributed by atoms with Crippen LogP contribution >= 0.6 is 0 Å². The Morgan fingerprint density at radius 3 is 2.35 bits per heavy atom. The van der Waals surface area contributed by atoms with Crippen LogP contribution in [0.25, 0.3) is 10.9 Å². The van der Waals surface area contributed by atoms with Gasteiger partial charge in [0.15, 0.2) is 5.82 Å². The van der Waals surface area contributed by atoms with Gasteiger partial charge in [-0.25, -0.2) is 4.68 Å². The molecule has 5 aromatic rings. The topological polar surface area (TPSA) is 82.9 Å². The Labute approximate surface area is 234 Å². The third kappa shape index (κ3) is 4.91. The van der Waals surface area contributed by atoms with Crippen LogP contribution in [-0.2, 0) is 6.54 Å². The second-order valence-corrected chi connectivity index (χ2v) is 10.9. The van der Waals surface area contributed by atoms with Gasteiger partial charge in [0.05, 0.1) is 12.1 Å². The fourth-order valence-electron chi connectivity index (χ4n) is 5.85. The minimum Gasteiger partial charge on any atom is -0.369 e. The molecule has 0 aliphatic carbocycles. The first-order valence-electron chi connectivity index (χ1n) is 13.9. The van der Waals surface area contributed by atoms with Crippen molar-refractivity contribution in [2.24, 2.45) is 0 Å². The van der Waals surface area contributed by atoms with Crippen molar-refractivity contribution < 1.29 is 0 Å². The van der Waals surface area contributed by atoms with Gasteiger partial charge in [0.2, 0.25) is 0 Å². The third-order valence-corrected chi connectivity index (χ3v) is 8.13. The van der Waals surface area contributed by atoms with E-state index in [9.17, 15) is 4.79 Å². The summed E-state index contributed by atoms with van der Waals surface area (Å²) in [5, 5.41) is 14.0. The zero-order chi connectivity index (χ0) is 27.8. The van der Waals surface area contributed by atoms with Crippen molar-refractivity contribution in [1.29, 1.82) is 0 Å². The Balaban J connectivity index is 1.41. The predicted octanol–water partition coefficient (Wildman–Crippen LogP) is 4.71. The number of hydrogen-bond acceptors (Lipinski definition) is 6. The zero-order valence-corrected chi connectivity index (χ0v) is 23.6. The Bertz CT molecular complexity index is 1720. The molecule has 3 aromatic carbocycles. The normalized spacial score (nSPS) is 15.1. The minimum absolute atomic E-state index is 0.0996. The standard InChI is InChI=1S/C32H35N7O/c1-21-10-11-23(3)28(18-21)37-14-16-38(17-15-37)30(31-34-35-36-39(31)20-25-8-6-5-7-9-25)27-19-26-22(2)12-13-24(4)29(26)33-32(27)40/h5-13,18-19,30H,14-17,20H2,1-4H3,(H,33,40). The Morgan fingerprint density at radius 2 is 1.57 bits per heavy atom. The highest BCUT2D eigenvalue weighted by Gasteiger charge is 2.33. The van der Waals surface area contributed by atoms with Gasteiger partial charge in [0.1, 0.15) is 6.04 Å². The molecule has 1 aliphatic heterocycles. The molecule has 3 heterocycles. The molecule has 1 fully saturated rings. The van der Waals surface area contributed by atoms with Crippen LogP contribution in [0.4, 0.5) is 5.69 Å². The molecule has 1 saturated heterocycles. The summed E-state index contributed by atoms with van der Waals surface area (Å²) < 4.78 is 1.84. The molecule has 0 spiro atoms. The largest absolute Gasteiger partial charge is 0.369 e. The van der Waals surface area contributed by atoms with Crippen molar-refractivity contribution in [2.45, 2.75) is 40.3 Å². The van der Waals surface area contributed by atoms with Gasteiger partial charge < -0.3 is 9.88 Å². The van der Waals surface area contributed by atoms with E-state index in [1.807, 2.05) is 29.8 Å². The molecule has 2 aromatic heterocycles. The highest BCUT2D eigenvalue weighted by atomic mass is 16.1. The second-order valence-electron chi connectivity index (χ2n) is 10.9. The van der Waals surface area contributed by atoms with E-state index in [4.69, 9.17) is 0 Å². The van der Waals surface area contributed by atoms with Crippen LogP contribution in [0.1, 0.15) is 45.2 Å². The molecule has 0 radical (unpaired) electrons. The fourth-order valence-corrected chi connectivity index (χ4v) is 5.85. The van der Waals surface area contributed by atoms with Crippen LogP contribution in [0, 0.1) is 27.7 Å². The Kier molecular flexibility index (Phi) is 6.94. The quantitative estimate of drug-likeness (QED) is 0.341. The molecule has 1 aliphatic rings. The van der Waals surface area contributed by atoms with Crippen molar-refractivity contribution >= 4 is 16.6 Å². The molecule has 204 valence electrons. The van der Waals surface area contributed by atoms with Crippen LogP contribution in [0.3, 0.4) is 0 Å². The fraction of sp³-hybridized carbons (Fsp3) is 0.312. The summed E-state index contributed by atoms with van der Waals surface area (Å²) >= 11 is 0. The lowest BCUT2D eigenvalue weighted by atomic mass is 9.99. The molecule has 8 heteroatoms. The number of aromatic amines is 1. The summed E-state index contributed by atoms with van der Waals surface area (Å²) in [7, 11) is 0. The number of nitrogens with one attached hydrogen (secondary N) is 1. The first-order chi connectivity index (χ1) is 19.4. The van der Waals surface area contributed by atoms with Crippen molar-refractivity contribution in [3.05, 3.63) is 116 Å². The molecule has 6 rings (SSSR count). The molecular formula is C32H35N7O. The number of hydrogen-bond donors (Lipinski definition) is 1. The summed E-state index contributed by atoms with van der Waals surface area (Å²) in [6.07, 6.45) is 0. The molecule has 0 bridgehead atoms. The van der Waals surface area contributed by atoms with Gasteiger partial charge in [-0.2, -0.15) is 0 Å². The van der Waals surface area contributed by atoms with E-state index < -0.39 is 0 Å². The van der Waals surface area contributed by atoms with Crippen molar-refractivity contribution in [1.82, 2.24) is 30.1 Å². The van der Waals surface area contributed by atoms with Crippen LogP contribution in [0.5, 0.6) is 0 Å². The van der Waals surface area contributed by atoms with Gasteiger partial charge >= 0.3 is 0 Å². The average Bonchev–Trinajstić information content (AvgIpc) is 3.41. The Hall–Kier alpha value is -4.30. The highest BCUT2D eigenvalue weighted by molar-refractivity contribution is 5.85. The van der Waals surface area contributed by atoms with Gasteiger partial charge in [-0.1, -0.05) is 54.6 Å². The minimum atomic E-state index is -0.382. The zero-order valence-electron chi connectivity index (χ0n) is 23.6. The lowest BCUT2D eigenvalue weighted by Gasteiger charge is -2.40. The van der Waals surface area contributed by atoms with Gasteiger partial charge in [-0.15, -0.1) is 5.10 Å². The van der Waals surface area contributed by atoms with Crippen LogP contribution < -0.4 is 10.5 Å². The molecule has 1 unspecified atom stereocenters. The number of rotatable bonds is 6. The molecule has 8 nitrogen and oxygen atoms in total. The SMILES string of the molecule is Cc1ccc(C)c(N2CCN(C(c3cc4c(C)ccc(C)c4[nH]c3=O)c3nnnn3Cc3ccccc3)CC2)c1. The number of aromatic nitrogens is 5. The molecule has 0 amide bonds. The number of nitrogens with zero attached hydrogens (tertiary/aromatic N) is 6. The predicted molar refractivity (Wildman–Crippen MR) is 159 cm³/mol. The first kappa shape index (κ1) is 26.0. The molecule has 1 N–H and O–H groups in total. The van der Waals surface area contributed by atoms with Crippen LogP contribution in [-0.4, -0.2) is 56.3 Å². The van der Waals surface area contributed by atoms with Gasteiger partial charge in [0.25, 0.3) is 5.56 Å². The summed E-state index contributed by atoms with van der Waals surface area (Å²) in [6, 6.07) is 22.6. The van der Waals surface area contributed by atoms with Crippen molar-refractivity contribution in [2.75, 3.05) is 31.1 Å². The van der Waals surface area contributed by atoms with E-state index in [0.717, 1.165) is 53.8 Å². The number of aryl methyl sites for hydroxylation is 4.